The Morgan fingerprint density at radius 3 is 3.00 bits per heavy atom. The molecule has 0 aliphatic rings. The summed E-state index contributed by atoms with van der Waals surface area (Å²) in [7, 11) is 1.43. The van der Waals surface area contributed by atoms with Gasteiger partial charge in [0.2, 0.25) is 0 Å². The van der Waals surface area contributed by atoms with Crippen molar-refractivity contribution in [1.82, 2.24) is 9.97 Å². The number of rotatable bonds is 2. The zero-order chi connectivity index (χ0) is 9.97. The number of ether oxygens (including phenoxy) is 1. The van der Waals surface area contributed by atoms with Gasteiger partial charge in [-0.1, -0.05) is 0 Å². The number of pyridine rings is 2. The highest BCUT2D eigenvalue weighted by Crippen LogP contribution is 2.14. The molecule has 14 heavy (non-hydrogen) atoms. The molecule has 2 rings (SSSR count). The van der Waals surface area contributed by atoms with Gasteiger partial charge in [-0.2, -0.15) is 0 Å². The molecule has 2 aromatic rings. The topological polar surface area (TPSA) is 55.2 Å². The van der Waals surface area contributed by atoms with Crippen LogP contribution in [-0.4, -0.2) is 22.2 Å². The van der Waals surface area contributed by atoms with Gasteiger partial charge in [-0.25, -0.2) is 9.97 Å². The van der Waals surface area contributed by atoms with Gasteiger partial charge in [-0.15, -0.1) is 0 Å². The van der Waals surface area contributed by atoms with Gasteiger partial charge < -0.3 is 9.84 Å². The smallest absolute Gasteiger partial charge is 0.198 e. The molecule has 4 heteroatoms. The third-order valence-electron chi connectivity index (χ3n) is 1.96. The van der Waals surface area contributed by atoms with Crippen LogP contribution >= 0.6 is 0 Å². The summed E-state index contributed by atoms with van der Waals surface area (Å²) < 4.78 is 4.75. The van der Waals surface area contributed by atoms with Crippen LogP contribution < -0.4 is 0 Å². The molecule has 0 bridgehead atoms. The molecular formula is C10H10N2O2. The predicted octanol–water partition coefficient (Wildman–Crippen LogP) is 1.27. The maximum absolute atomic E-state index is 9.38. The van der Waals surface area contributed by atoms with Crippen molar-refractivity contribution in [2.45, 2.75) is 6.29 Å². The molecule has 1 unspecified atom stereocenters. The minimum Gasteiger partial charge on any atom is -0.363 e. The lowest BCUT2D eigenvalue weighted by Crippen LogP contribution is -2.02. The molecule has 0 radical (unpaired) electrons. The van der Waals surface area contributed by atoms with Gasteiger partial charge in [0, 0.05) is 18.7 Å². The van der Waals surface area contributed by atoms with Crippen LogP contribution in [0.5, 0.6) is 0 Å². The van der Waals surface area contributed by atoms with Crippen LogP contribution in [0.15, 0.2) is 30.5 Å². The summed E-state index contributed by atoms with van der Waals surface area (Å²) in [6.45, 7) is 0. The first-order valence-electron chi connectivity index (χ1n) is 4.24. The summed E-state index contributed by atoms with van der Waals surface area (Å²) in [5, 5.41) is 10.3. The molecule has 72 valence electrons. The SMILES string of the molecule is COC(O)c1ccc2cccnc2n1. The van der Waals surface area contributed by atoms with Crippen LogP contribution in [0.1, 0.15) is 12.0 Å². The van der Waals surface area contributed by atoms with E-state index in [1.807, 2.05) is 18.2 Å². The fourth-order valence-electron chi connectivity index (χ4n) is 1.23. The summed E-state index contributed by atoms with van der Waals surface area (Å²) in [5.41, 5.74) is 1.08. The van der Waals surface area contributed by atoms with Gasteiger partial charge in [0.1, 0.15) is 0 Å². The first kappa shape index (κ1) is 9.05. The van der Waals surface area contributed by atoms with E-state index in [2.05, 4.69) is 9.97 Å². The quantitative estimate of drug-likeness (QED) is 0.724. The highest BCUT2D eigenvalue weighted by atomic mass is 16.6. The van der Waals surface area contributed by atoms with Crippen molar-refractivity contribution >= 4 is 11.0 Å². The Morgan fingerprint density at radius 2 is 2.21 bits per heavy atom. The minimum absolute atomic E-state index is 0.471. The second kappa shape index (κ2) is 3.69. The fourth-order valence-corrected chi connectivity index (χ4v) is 1.23. The van der Waals surface area contributed by atoms with Crippen molar-refractivity contribution in [3.8, 4) is 0 Å². The minimum atomic E-state index is -0.985. The molecule has 0 saturated carbocycles. The molecule has 0 fully saturated rings. The van der Waals surface area contributed by atoms with Crippen LogP contribution in [0, 0.1) is 0 Å². The zero-order valence-corrected chi connectivity index (χ0v) is 7.71. The molecular weight excluding hydrogens is 180 g/mol. The number of methoxy groups -OCH3 is 1. The highest BCUT2D eigenvalue weighted by molar-refractivity contribution is 5.74. The molecule has 0 aromatic carbocycles. The largest absolute Gasteiger partial charge is 0.363 e. The number of aliphatic hydroxyl groups is 1. The number of nitrogens with zero attached hydrogens (tertiary/aromatic N) is 2. The van der Waals surface area contributed by atoms with Crippen molar-refractivity contribution < 1.29 is 9.84 Å². The van der Waals surface area contributed by atoms with Crippen LogP contribution in [0.3, 0.4) is 0 Å². The zero-order valence-electron chi connectivity index (χ0n) is 7.71. The van der Waals surface area contributed by atoms with Gasteiger partial charge in [0.25, 0.3) is 0 Å². The van der Waals surface area contributed by atoms with Gasteiger partial charge in [0.15, 0.2) is 11.9 Å². The molecule has 0 saturated heterocycles. The average Bonchev–Trinajstić information content (AvgIpc) is 2.27. The van der Waals surface area contributed by atoms with Gasteiger partial charge in [-0.3, -0.25) is 0 Å². The maximum Gasteiger partial charge on any atom is 0.198 e. The van der Waals surface area contributed by atoms with E-state index in [-0.39, 0.29) is 0 Å². The Balaban J connectivity index is 2.51. The molecule has 1 N–H and O–H groups in total. The van der Waals surface area contributed by atoms with Crippen LogP contribution in [0.25, 0.3) is 11.0 Å². The monoisotopic (exact) mass is 190 g/mol. The van der Waals surface area contributed by atoms with Crippen molar-refractivity contribution in [1.29, 1.82) is 0 Å². The summed E-state index contributed by atoms with van der Waals surface area (Å²) in [4.78, 5) is 8.24. The molecule has 2 aromatic heterocycles. The number of aromatic nitrogens is 2. The Kier molecular flexibility index (Phi) is 2.39. The fraction of sp³-hybridized carbons (Fsp3) is 0.200. The average molecular weight is 190 g/mol. The Labute approximate surface area is 81.2 Å². The first-order valence-corrected chi connectivity index (χ1v) is 4.24. The van der Waals surface area contributed by atoms with Gasteiger partial charge in [0.05, 0.1) is 5.69 Å². The molecule has 1 atom stereocenters. The molecule has 0 aliphatic heterocycles. The lowest BCUT2D eigenvalue weighted by atomic mass is 10.2. The van der Waals surface area contributed by atoms with Gasteiger partial charge >= 0.3 is 0 Å². The molecule has 0 spiro atoms. The van der Waals surface area contributed by atoms with E-state index in [4.69, 9.17) is 4.74 Å². The summed E-state index contributed by atoms with van der Waals surface area (Å²) in [5.74, 6) is 0. The van der Waals surface area contributed by atoms with E-state index in [1.165, 1.54) is 7.11 Å². The van der Waals surface area contributed by atoms with Crippen LogP contribution in [0.2, 0.25) is 0 Å². The number of fused-ring (bicyclic) bond motifs is 1. The van der Waals surface area contributed by atoms with E-state index < -0.39 is 6.29 Å². The van der Waals surface area contributed by atoms with Gasteiger partial charge in [-0.05, 0) is 24.3 Å². The number of hydrogen-bond donors (Lipinski definition) is 1. The van der Waals surface area contributed by atoms with E-state index in [0.29, 0.717) is 11.3 Å². The summed E-state index contributed by atoms with van der Waals surface area (Å²) >= 11 is 0. The van der Waals surface area contributed by atoms with E-state index in [9.17, 15) is 5.11 Å². The lowest BCUT2D eigenvalue weighted by Gasteiger charge is -2.07. The molecule has 0 aliphatic carbocycles. The second-order valence-corrected chi connectivity index (χ2v) is 2.87. The van der Waals surface area contributed by atoms with E-state index in [1.54, 1.807) is 12.3 Å². The highest BCUT2D eigenvalue weighted by Gasteiger charge is 2.07. The Morgan fingerprint density at radius 1 is 1.36 bits per heavy atom. The third-order valence-corrected chi connectivity index (χ3v) is 1.96. The standard InChI is InChI=1S/C10H10N2O2/c1-14-10(13)8-5-4-7-3-2-6-11-9(7)12-8/h2-6,10,13H,1H3. The Bertz CT molecular complexity index is 445. The van der Waals surface area contributed by atoms with E-state index in [0.717, 1.165) is 5.39 Å². The van der Waals surface area contributed by atoms with Crippen molar-refractivity contribution in [2.75, 3.05) is 7.11 Å². The molecule has 4 nitrogen and oxygen atoms in total. The normalized spacial score (nSPS) is 13.0. The van der Waals surface area contributed by atoms with Crippen LogP contribution in [-0.2, 0) is 4.74 Å². The van der Waals surface area contributed by atoms with Crippen molar-refractivity contribution in [3.05, 3.63) is 36.2 Å². The second-order valence-electron chi connectivity index (χ2n) is 2.87. The first-order chi connectivity index (χ1) is 6.81. The number of aliphatic hydroxyl groups excluding tert-OH is 1. The van der Waals surface area contributed by atoms with Crippen molar-refractivity contribution in [2.24, 2.45) is 0 Å². The molecule has 2 heterocycles. The lowest BCUT2D eigenvalue weighted by molar-refractivity contribution is -0.0797. The predicted molar refractivity (Wildman–Crippen MR) is 51.5 cm³/mol. The Hall–Kier alpha value is -1.52. The van der Waals surface area contributed by atoms with Crippen LogP contribution in [0.4, 0.5) is 0 Å². The summed E-state index contributed by atoms with van der Waals surface area (Å²) in [6.07, 6.45) is 0.680. The molecule has 0 amide bonds. The third kappa shape index (κ3) is 1.57. The van der Waals surface area contributed by atoms with Crippen molar-refractivity contribution in [3.63, 3.8) is 0 Å². The van der Waals surface area contributed by atoms with E-state index >= 15 is 0 Å². The maximum atomic E-state index is 9.38. The number of hydrogen-bond acceptors (Lipinski definition) is 4. The summed E-state index contributed by atoms with van der Waals surface area (Å²) in [6, 6.07) is 7.33.